The number of aliphatic hydroxyl groups is 1. The van der Waals surface area contributed by atoms with Gasteiger partial charge < -0.3 is 4.74 Å². The molecule has 2 aromatic rings. The van der Waals surface area contributed by atoms with E-state index in [0.29, 0.717) is 22.8 Å². The van der Waals surface area contributed by atoms with E-state index in [1.165, 1.54) is 6.42 Å². The van der Waals surface area contributed by atoms with Crippen LogP contribution >= 0.6 is 0 Å². The zero-order valence-electron chi connectivity index (χ0n) is 17.6. The maximum absolute atomic E-state index is 12.5. The van der Waals surface area contributed by atoms with Crippen LogP contribution in [0.5, 0.6) is 17.2 Å². The Morgan fingerprint density at radius 2 is 1.77 bits per heavy atom. The van der Waals surface area contributed by atoms with Crippen LogP contribution in [0.25, 0.3) is 0 Å². The van der Waals surface area contributed by atoms with Crippen molar-refractivity contribution in [3.8, 4) is 17.2 Å². The minimum absolute atomic E-state index is 0.170. The predicted octanol–water partition coefficient (Wildman–Crippen LogP) is 5.17. The van der Waals surface area contributed by atoms with Gasteiger partial charge in [-0.2, -0.15) is 0 Å². The van der Waals surface area contributed by atoms with Crippen LogP contribution in [0.15, 0.2) is 42.5 Å². The van der Waals surface area contributed by atoms with Crippen LogP contribution in [-0.2, 0) is 0 Å². The van der Waals surface area contributed by atoms with Crippen molar-refractivity contribution < 1.29 is 24.1 Å². The molecule has 1 heterocycles. The second-order valence-electron chi connectivity index (χ2n) is 8.65. The molecule has 30 heavy (non-hydrogen) atoms. The molecule has 1 atom stereocenters. The summed E-state index contributed by atoms with van der Waals surface area (Å²) in [5.74, 6) is 1.45. The molecule has 0 bridgehead atoms. The van der Waals surface area contributed by atoms with Crippen LogP contribution < -0.4 is 14.2 Å². The minimum atomic E-state index is -1.43. The summed E-state index contributed by atoms with van der Waals surface area (Å²) in [4.78, 5) is 17.3. The van der Waals surface area contributed by atoms with Gasteiger partial charge in [0, 0.05) is 0 Å². The first-order chi connectivity index (χ1) is 14.4. The quantitative estimate of drug-likeness (QED) is 0.326. The van der Waals surface area contributed by atoms with Crippen LogP contribution in [0.1, 0.15) is 53.9 Å². The van der Waals surface area contributed by atoms with Gasteiger partial charge in [0.25, 0.3) is 0 Å². The summed E-state index contributed by atoms with van der Waals surface area (Å²) in [6.07, 6.45) is 5.19. The number of hydrogen-bond donors (Lipinski definition) is 1. The Morgan fingerprint density at radius 1 is 1.07 bits per heavy atom. The molecule has 4 rings (SSSR count). The normalized spacial score (nSPS) is 18.3. The third-order valence-electron chi connectivity index (χ3n) is 6.08. The summed E-state index contributed by atoms with van der Waals surface area (Å²) in [7, 11) is 0. The molecule has 1 saturated carbocycles. The number of carbonyl (C=O) groups excluding carboxylic acids is 1. The van der Waals surface area contributed by atoms with E-state index in [-0.39, 0.29) is 12.7 Å². The summed E-state index contributed by atoms with van der Waals surface area (Å²) in [5.41, 5.74) is 0.982. The third kappa shape index (κ3) is 4.77. The number of rotatable bonds is 6. The van der Waals surface area contributed by atoms with E-state index in [2.05, 4.69) is 9.88 Å². The predicted molar refractivity (Wildman–Crippen MR) is 117 cm³/mol. The Bertz CT molecular complexity index is 887. The molecule has 0 amide bonds. The van der Waals surface area contributed by atoms with Gasteiger partial charge in [-0.25, -0.2) is 0 Å². The monoisotopic (exact) mass is 517 g/mol. The third-order valence-corrected chi connectivity index (χ3v) is 9.58. The van der Waals surface area contributed by atoms with E-state index >= 15 is 0 Å². The van der Waals surface area contributed by atoms with E-state index < -0.39 is 31.3 Å². The van der Waals surface area contributed by atoms with Gasteiger partial charge in [-0.1, -0.05) is 0 Å². The average Bonchev–Trinajstić information content (AvgIpc) is 3.21. The van der Waals surface area contributed by atoms with Crippen molar-refractivity contribution in [3.63, 3.8) is 0 Å². The summed E-state index contributed by atoms with van der Waals surface area (Å²) in [6, 6.07) is 12.8. The first kappa shape index (κ1) is 21.5. The topological polar surface area (TPSA) is 65.0 Å². The van der Waals surface area contributed by atoms with Gasteiger partial charge in [0.15, 0.2) is 0 Å². The van der Waals surface area contributed by atoms with E-state index in [1.807, 2.05) is 24.3 Å². The molecule has 5 nitrogen and oxygen atoms in total. The van der Waals surface area contributed by atoms with Gasteiger partial charge >= 0.3 is 174 Å². The summed E-state index contributed by atoms with van der Waals surface area (Å²) >= 11 is -1.43. The number of carbonyl (C=O) groups is 1. The Balaban J connectivity index is 1.48. The van der Waals surface area contributed by atoms with Gasteiger partial charge in [0.05, 0.1) is 0 Å². The average molecular weight is 516 g/mol. The molecule has 2 aliphatic rings. The SMILES string of the molecule is [CH3][Sn]([CH3])[CH2]C(c1ccc(OC(=O)c2ccc3c(c2)OCO3)cc1)C1(O)CCCCC1. The molecule has 1 unspecified atom stereocenters. The Morgan fingerprint density at radius 3 is 2.47 bits per heavy atom. The Hall–Kier alpha value is -1.73. The van der Waals surface area contributed by atoms with Crippen LogP contribution in [0, 0.1) is 0 Å². The van der Waals surface area contributed by atoms with Gasteiger partial charge in [0.1, 0.15) is 0 Å². The fourth-order valence-electron chi connectivity index (χ4n) is 4.50. The standard InChI is InChI=1S/C22H23O5.2CH3.Sn/c1-15(22(24)11-3-2-4-12-22)16-5-8-18(9-6-16)27-21(23)17-7-10-19-20(13-17)26-14-25-19;;;/h5-10,13,15,24H,1-4,11-12,14H2;2*1H3;. The van der Waals surface area contributed by atoms with Crippen molar-refractivity contribution in [3.05, 3.63) is 53.6 Å². The number of hydrogen-bond acceptors (Lipinski definition) is 5. The Kier molecular flexibility index (Phi) is 6.58. The van der Waals surface area contributed by atoms with Gasteiger partial charge in [-0.05, 0) is 0 Å². The van der Waals surface area contributed by atoms with E-state index in [9.17, 15) is 9.90 Å². The molecule has 1 N–H and O–H groups in total. The molecule has 1 aliphatic carbocycles. The summed E-state index contributed by atoms with van der Waals surface area (Å²) < 4.78 is 17.3. The van der Waals surface area contributed by atoms with Crippen molar-refractivity contribution in [1.29, 1.82) is 0 Å². The molecule has 2 aromatic carbocycles. The number of fused-ring (bicyclic) bond motifs is 1. The van der Waals surface area contributed by atoms with Crippen LogP contribution in [0.4, 0.5) is 0 Å². The fraction of sp³-hybridized carbons (Fsp3) is 0.458. The molecule has 1 aliphatic heterocycles. The molecule has 1 radical (unpaired) electrons. The van der Waals surface area contributed by atoms with E-state index in [1.54, 1.807) is 18.2 Å². The van der Waals surface area contributed by atoms with Crippen LogP contribution in [0.3, 0.4) is 0 Å². The first-order valence-electron chi connectivity index (χ1n) is 10.7. The number of benzene rings is 2. The Labute approximate surface area is 185 Å². The van der Waals surface area contributed by atoms with Crippen molar-refractivity contribution in [1.82, 2.24) is 0 Å². The number of esters is 1. The zero-order valence-corrected chi connectivity index (χ0v) is 20.5. The van der Waals surface area contributed by atoms with Gasteiger partial charge in [-0.15, -0.1) is 0 Å². The first-order valence-corrected chi connectivity index (χ1v) is 18.4. The van der Waals surface area contributed by atoms with Crippen molar-refractivity contribution in [2.45, 2.75) is 57.9 Å². The summed E-state index contributed by atoms with van der Waals surface area (Å²) in [6.45, 7) is 0.170. The molecule has 159 valence electrons. The molecule has 0 aromatic heterocycles. The molecule has 6 heteroatoms. The van der Waals surface area contributed by atoms with E-state index in [0.717, 1.165) is 35.7 Å². The molecule has 0 saturated heterocycles. The van der Waals surface area contributed by atoms with Crippen molar-refractivity contribution >= 4 is 25.7 Å². The van der Waals surface area contributed by atoms with Gasteiger partial charge in [0.2, 0.25) is 6.79 Å². The van der Waals surface area contributed by atoms with Crippen LogP contribution in [0.2, 0.25) is 14.3 Å². The molecular weight excluding hydrogens is 487 g/mol. The van der Waals surface area contributed by atoms with Crippen LogP contribution in [-0.4, -0.2) is 43.2 Å². The summed E-state index contributed by atoms with van der Waals surface area (Å²) in [5, 5.41) is 11.4. The zero-order chi connectivity index (χ0) is 21.1. The maximum atomic E-state index is 12.5. The molecular formula is C24H29O5Sn. The van der Waals surface area contributed by atoms with Crippen molar-refractivity contribution in [2.24, 2.45) is 0 Å². The molecule has 1 fully saturated rings. The molecule has 0 spiro atoms. The fourth-order valence-corrected chi connectivity index (χ4v) is 8.58. The van der Waals surface area contributed by atoms with E-state index in [4.69, 9.17) is 14.2 Å². The second kappa shape index (κ2) is 9.18. The van der Waals surface area contributed by atoms with Crippen molar-refractivity contribution in [2.75, 3.05) is 6.79 Å². The second-order valence-corrected chi connectivity index (χ2v) is 16.7. The number of ether oxygens (including phenoxy) is 3. The van der Waals surface area contributed by atoms with Gasteiger partial charge in [-0.3, -0.25) is 0 Å².